The van der Waals surface area contributed by atoms with E-state index in [0.29, 0.717) is 19.3 Å². The molecule has 8 heteroatoms. The summed E-state index contributed by atoms with van der Waals surface area (Å²) in [6.07, 6.45) is 8.71. The van der Waals surface area contributed by atoms with Crippen LogP contribution >= 0.6 is 15.9 Å². The van der Waals surface area contributed by atoms with Gasteiger partial charge in [-0.25, -0.2) is 4.79 Å². The molecule has 1 atom stereocenters. The van der Waals surface area contributed by atoms with E-state index in [1.807, 2.05) is 30.3 Å². The number of carbonyl (C=O) groups is 2. The zero-order valence-corrected chi connectivity index (χ0v) is 17.5. The molecule has 0 bridgehead atoms. The van der Waals surface area contributed by atoms with Crippen molar-refractivity contribution in [2.24, 2.45) is 0 Å². The number of carbonyl (C=O) groups excluding carboxylic acids is 2. The molecule has 1 N–H and O–H groups in total. The Bertz CT molecular complexity index is 1050. The van der Waals surface area contributed by atoms with Crippen molar-refractivity contribution in [3.8, 4) is 0 Å². The molecule has 7 nitrogen and oxygen atoms in total. The molecule has 0 aliphatic carbocycles. The van der Waals surface area contributed by atoms with Gasteiger partial charge in [0.2, 0.25) is 5.91 Å². The maximum absolute atomic E-state index is 12.9. The van der Waals surface area contributed by atoms with E-state index in [0.717, 1.165) is 26.9 Å². The largest absolute Gasteiger partial charge is 0.342 e. The molecule has 4 rings (SSSR count). The summed E-state index contributed by atoms with van der Waals surface area (Å²) < 4.78 is 2.16. The van der Waals surface area contributed by atoms with Gasteiger partial charge in [-0.15, -0.1) is 0 Å². The first-order chi connectivity index (χ1) is 14.0. The zero-order valence-electron chi connectivity index (χ0n) is 15.9. The average molecular weight is 454 g/mol. The Kier molecular flexibility index (Phi) is 5.44. The first-order valence-corrected chi connectivity index (χ1v) is 10.1. The van der Waals surface area contributed by atoms with Gasteiger partial charge in [0, 0.05) is 42.2 Å². The minimum Gasteiger partial charge on any atom is -0.324 e. The Morgan fingerprint density at radius 1 is 1.28 bits per heavy atom. The highest BCUT2D eigenvalue weighted by Crippen LogP contribution is 2.29. The van der Waals surface area contributed by atoms with Crippen molar-refractivity contribution in [2.75, 3.05) is 11.9 Å². The molecule has 0 saturated heterocycles. The first-order valence-electron chi connectivity index (χ1n) is 9.30. The molecule has 0 fully saturated rings. The number of anilines is 1. The molecule has 2 aromatic heterocycles. The Balaban J connectivity index is 1.45. The Hall–Kier alpha value is -3.00. The topological polar surface area (TPSA) is 80.1 Å². The predicted molar refractivity (Wildman–Crippen MR) is 113 cm³/mol. The van der Waals surface area contributed by atoms with E-state index in [1.165, 1.54) is 4.68 Å². The fourth-order valence-electron chi connectivity index (χ4n) is 3.49. The lowest BCUT2D eigenvalue weighted by Crippen LogP contribution is -2.48. The summed E-state index contributed by atoms with van der Waals surface area (Å²) in [5.74, 6) is -0.141. The van der Waals surface area contributed by atoms with Gasteiger partial charge < -0.3 is 10.2 Å². The normalized spacial score (nSPS) is 16.3. The van der Waals surface area contributed by atoms with Crippen molar-refractivity contribution >= 4 is 33.6 Å². The number of fused-ring (bicyclic) bond motifs is 1. The van der Waals surface area contributed by atoms with E-state index in [-0.39, 0.29) is 5.91 Å². The standard InChI is InChI=1S/C21H20BrN5O2/c1-26-19-10-17(22)6-4-16(19)5-7-18(20(26)28)25-21(29)27-13-15(12-24-27)9-14-3-2-8-23-11-14/h2-4,6,8,10-13,18H,5,7,9H2,1H3,(H,25,29)/t18-/m1/s1. The molecule has 2 amide bonds. The summed E-state index contributed by atoms with van der Waals surface area (Å²) in [5, 5.41) is 6.98. The quantitative estimate of drug-likeness (QED) is 0.660. The molecule has 3 heterocycles. The molecule has 0 spiro atoms. The van der Waals surface area contributed by atoms with Crippen molar-refractivity contribution in [3.63, 3.8) is 0 Å². The molecule has 1 aliphatic rings. The number of pyridine rings is 1. The van der Waals surface area contributed by atoms with E-state index in [1.54, 1.807) is 36.7 Å². The van der Waals surface area contributed by atoms with E-state index < -0.39 is 12.1 Å². The van der Waals surface area contributed by atoms with Crippen molar-refractivity contribution in [2.45, 2.75) is 25.3 Å². The number of benzene rings is 1. The molecule has 0 saturated carbocycles. The molecular formula is C21H20BrN5O2. The lowest BCUT2D eigenvalue weighted by atomic mass is 10.1. The lowest BCUT2D eigenvalue weighted by molar-refractivity contribution is -0.120. The fraction of sp³-hybridized carbons (Fsp3) is 0.238. The zero-order chi connectivity index (χ0) is 20.4. The fourth-order valence-corrected chi connectivity index (χ4v) is 3.84. The van der Waals surface area contributed by atoms with Gasteiger partial charge in [0.15, 0.2) is 0 Å². The summed E-state index contributed by atoms with van der Waals surface area (Å²) in [7, 11) is 1.73. The smallest absolute Gasteiger partial charge is 0.324 e. The molecule has 148 valence electrons. The molecule has 1 aromatic carbocycles. The number of aromatic nitrogens is 3. The van der Waals surface area contributed by atoms with Crippen LogP contribution in [0.5, 0.6) is 0 Å². The second kappa shape index (κ2) is 8.16. The number of halogens is 1. The summed E-state index contributed by atoms with van der Waals surface area (Å²) in [6.45, 7) is 0. The lowest BCUT2D eigenvalue weighted by Gasteiger charge is -2.22. The van der Waals surface area contributed by atoms with Gasteiger partial charge in [-0.3, -0.25) is 9.78 Å². The molecule has 1 aliphatic heterocycles. The van der Waals surface area contributed by atoms with Gasteiger partial charge in [0.1, 0.15) is 6.04 Å². The average Bonchev–Trinajstić information content (AvgIpc) is 3.16. The van der Waals surface area contributed by atoms with Crippen LogP contribution in [0.2, 0.25) is 0 Å². The van der Waals surface area contributed by atoms with E-state index in [9.17, 15) is 9.59 Å². The maximum atomic E-state index is 12.9. The Morgan fingerprint density at radius 3 is 2.93 bits per heavy atom. The Morgan fingerprint density at radius 2 is 2.14 bits per heavy atom. The first kappa shape index (κ1) is 19.3. The summed E-state index contributed by atoms with van der Waals surface area (Å²) in [6, 6.07) is 8.72. The van der Waals surface area contributed by atoms with Gasteiger partial charge in [-0.2, -0.15) is 9.78 Å². The number of hydrogen-bond acceptors (Lipinski definition) is 4. The highest BCUT2D eigenvalue weighted by atomic mass is 79.9. The highest BCUT2D eigenvalue weighted by molar-refractivity contribution is 9.10. The summed E-state index contributed by atoms with van der Waals surface area (Å²) in [5.41, 5.74) is 3.88. The van der Waals surface area contributed by atoms with Crippen LogP contribution in [-0.2, 0) is 17.6 Å². The van der Waals surface area contributed by atoms with Crippen LogP contribution < -0.4 is 10.2 Å². The third-order valence-electron chi connectivity index (χ3n) is 5.01. The van der Waals surface area contributed by atoms with Crippen molar-refractivity contribution in [3.05, 3.63) is 76.3 Å². The second-order valence-electron chi connectivity index (χ2n) is 7.04. The van der Waals surface area contributed by atoms with Crippen LogP contribution in [0.15, 0.2) is 59.6 Å². The number of hydrogen-bond donors (Lipinski definition) is 1. The summed E-state index contributed by atoms with van der Waals surface area (Å²) in [4.78, 5) is 31.3. The molecule has 0 radical (unpaired) electrons. The third-order valence-corrected chi connectivity index (χ3v) is 5.51. The van der Waals surface area contributed by atoms with Crippen LogP contribution in [0.4, 0.5) is 10.5 Å². The Labute approximate surface area is 176 Å². The highest BCUT2D eigenvalue weighted by Gasteiger charge is 2.29. The van der Waals surface area contributed by atoms with Crippen LogP contribution in [-0.4, -0.2) is 39.8 Å². The molecule has 3 aromatic rings. The minimum absolute atomic E-state index is 0.141. The summed E-state index contributed by atoms with van der Waals surface area (Å²) >= 11 is 3.45. The van der Waals surface area contributed by atoms with Gasteiger partial charge in [0.25, 0.3) is 0 Å². The number of nitrogens with zero attached hydrogens (tertiary/aromatic N) is 4. The van der Waals surface area contributed by atoms with Crippen LogP contribution in [0, 0.1) is 0 Å². The number of likely N-dealkylation sites (N-methyl/N-ethyl adjacent to an activating group) is 1. The third kappa shape index (κ3) is 4.22. The molecule has 0 unspecified atom stereocenters. The SMILES string of the molecule is CN1C(=O)[C@H](NC(=O)n2cc(Cc3cccnc3)cn2)CCc2ccc(Br)cc21. The van der Waals surface area contributed by atoms with Gasteiger partial charge in [0.05, 0.1) is 6.20 Å². The number of rotatable bonds is 3. The van der Waals surface area contributed by atoms with Crippen molar-refractivity contribution in [1.82, 2.24) is 20.1 Å². The minimum atomic E-state index is -0.607. The van der Waals surface area contributed by atoms with E-state index in [4.69, 9.17) is 0 Å². The number of nitrogens with one attached hydrogen (secondary N) is 1. The van der Waals surface area contributed by atoms with Crippen molar-refractivity contribution < 1.29 is 9.59 Å². The van der Waals surface area contributed by atoms with Gasteiger partial charge >= 0.3 is 6.03 Å². The van der Waals surface area contributed by atoms with Gasteiger partial charge in [-0.1, -0.05) is 28.1 Å². The maximum Gasteiger partial charge on any atom is 0.342 e. The predicted octanol–water partition coefficient (Wildman–Crippen LogP) is 3.17. The van der Waals surface area contributed by atoms with E-state index >= 15 is 0 Å². The monoisotopic (exact) mass is 453 g/mol. The van der Waals surface area contributed by atoms with Crippen LogP contribution in [0.1, 0.15) is 23.1 Å². The molecule has 29 heavy (non-hydrogen) atoms. The number of amides is 2. The second-order valence-corrected chi connectivity index (χ2v) is 7.96. The number of aryl methyl sites for hydroxylation is 1. The molecular weight excluding hydrogens is 434 g/mol. The van der Waals surface area contributed by atoms with Crippen LogP contribution in [0.3, 0.4) is 0 Å². The van der Waals surface area contributed by atoms with Crippen LogP contribution in [0.25, 0.3) is 0 Å². The van der Waals surface area contributed by atoms with Gasteiger partial charge in [-0.05, 0) is 47.7 Å². The van der Waals surface area contributed by atoms with E-state index in [2.05, 4.69) is 31.3 Å². The van der Waals surface area contributed by atoms with Crippen molar-refractivity contribution in [1.29, 1.82) is 0 Å².